The lowest BCUT2D eigenvalue weighted by atomic mass is 10.2. The highest BCUT2D eigenvalue weighted by molar-refractivity contribution is 8.01. The highest BCUT2D eigenvalue weighted by Crippen LogP contribution is 2.32. The van der Waals surface area contributed by atoms with E-state index in [0.717, 1.165) is 4.90 Å². The van der Waals surface area contributed by atoms with Crippen molar-refractivity contribution in [3.63, 3.8) is 0 Å². The third-order valence-electron chi connectivity index (χ3n) is 1.77. The highest BCUT2D eigenvalue weighted by atomic mass is 32.2. The second kappa shape index (κ2) is 3.92. The van der Waals surface area contributed by atoms with Crippen molar-refractivity contribution in [2.24, 2.45) is 0 Å². The minimum atomic E-state index is -0.820. The number of hydrogen-bond donors (Lipinski definition) is 2. The molecule has 0 aliphatic rings. The summed E-state index contributed by atoms with van der Waals surface area (Å²) in [6.07, 6.45) is 0. The van der Waals surface area contributed by atoms with E-state index in [0.29, 0.717) is 5.69 Å². The molecule has 0 atom stereocenters. The number of anilines is 1. The summed E-state index contributed by atoms with van der Waals surface area (Å²) in [6, 6.07) is 7.18. The van der Waals surface area contributed by atoms with Crippen molar-refractivity contribution < 1.29 is 9.90 Å². The van der Waals surface area contributed by atoms with Gasteiger partial charge in [-0.2, -0.15) is 0 Å². The van der Waals surface area contributed by atoms with Gasteiger partial charge < -0.3 is 10.8 Å². The molecule has 76 valence electrons. The number of nitrogens with two attached hydrogens (primary N) is 1. The lowest BCUT2D eigenvalue weighted by molar-refractivity contribution is -0.138. The van der Waals surface area contributed by atoms with E-state index in [1.807, 2.05) is 12.1 Å². The van der Waals surface area contributed by atoms with Gasteiger partial charge in [0.25, 0.3) is 0 Å². The molecule has 4 heteroatoms. The molecule has 3 N–H and O–H groups in total. The third kappa shape index (κ3) is 2.67. The number of carboxylic acid groups (broad SMARTS) is 1. The van der Waals surface area contributed by atoms with Crippen LogP contribution in [0.4, 0.5) is 5.69 Å². The van der Waals surface area contributed by atoms with Gasteiger partial charge >= 0.3 is 5.97 Å². The van der Waals surface area contributed by atoms with Gasteiger partial charge in [-0.1, -0.05) is 0 Å². The molecule has 0 amide bonds. The zero-order chi connectivity index (χ0) is 10.8. The number of carbonyl (C=O) groups is 1. The molecule has 1 rings (SSSR count). The minimum absolute atomic E-state index is 0.683. The number of hydrogen-bond acceptors (Lipinski definition) is 3. The molecular weight excluding hydrogens is 198 g/mol. The van der Waals surface area contributed by atoms with Gasteiger partial charge in [-0.3, -0.25) is 4.79 Å². The first-order valence-corrected chi connectivity index (χ1v) is 5.01. The summed E-state index contributed by atoms with van der Waals surface area (Å²) in [5.41, 5.74) is 6.21. The van der Waals surface area contributed by atoms with Crippen molar-refractivity contribution in [2.45, 2.75) is 23.5 Å². The maximum Gasteiger partial charge on any atom is 0.319 e. The standard InChI is InChI=1S/C10H13NO2S/c1-10(2,9(12)13)14-8-5-3-7(11)4-6-8/h3-6H,11H2,1-2H3,(H,12,13). The molecule has 0 spiro atoms. The largest absolute Gasteiger partial charge is 0.480 e. The summed E-state index contributed by atoms with van der Waals surface area (Å²) >= 11 is 1.31. The third-order valence-corrected chi connectivity index (χ3v) is 2.96. The minimum Gasteiger partial charge on any atom is -0.480 e. The Labute approximate surface area is 87.3 Å². The zero-order valence-corrected chi connectivity index (χ0v) is 8.97. The average molecular weight is 211 g/mol. The Morgan fingerprint density at radius 2 is 1.86 bits per heavy atom. The summed E-state index contributed by atoms with van der Waals surface area (Å²) in [5.74, 6) is -0.820. The van der Waals surface area contributed by atoms with Crippen LogP contribution >= 0.6 is 11.8 Å². The Kier molecular flexibility index (Phi) is 3.06. The van der Waals surface area contributed by atoms with Gasteiger partial charge in [0.15, 0.2) is 0 Å². The van der Waals surface area contributed by atoms with E-state index < -0.39 is 10.7 Å². The van der Waals surface area contributed by atoms with Gasteiger partial charge in [-0.25, -0.2) is 0 Å². The number of rotatable bonds is 3. The fourth-order valence-electron chi connectivity index (χ4n) is 0.874. The quantitative estimate of drug-likeness (QED) is 0.594. The number of thioether (sulfide) groups is 1. The van der Waals surface area contributed by atoms with Crippen LogP contribution in [0.25, 0.3) is 0 Å². The number of nitrogen functional groups attached to an aromatic ring is 1. The fourth-order valence-corrected chi connectivity index (χ4v) is 1.82. The molecule has 0 fully saturated rings. The molecule has 0 aliphatic heterocycles. The molecule has 1 aromatic rings. The van der Waals surface area contributed by atoms with Gasteiger partial charge in [-0.05, 0) is 38.1 Å². The first kappa shape index (κ1) is 10.9. The van der Waals surface area contributed by atoms with Crippen LogP contribution in [0.5, 0.6) is 0 Å². The van der Waals surface area contributed by atoms with Crippen LogP contribution in [-0.2, 0) is 4.79 Å². The first-order chi connectivity index (χ1) is 6.42. The number of carboxylic acids is 1. The molecular formula is C10H13NO2S. The summed E-state index contributed by atoms with van der Waals surface area (Å²) in [6.45, 7) is 3.35. The van der Waals surface area contributed by atoms with Crippen molar-refractivity contribution in [3.05, 3.63) is 24.3 Å². The van der Waals surface area contributed by atoms with E-state index in [-0.39, 0.29) is 0 Å². The predicted molar refractivity (Wildman–Crippen MR) is 58.4 cm³/mol. The highest BCUT2D eigenvalue weighted by Gasteiger charge is 2.28. The Morgan fingerprint density at radius 1 is 1.36 bits per heavy atom. The molecule has 0 unspecified atom stereocenters. The van der Waals surface area contributed by atoms with E-state index in [4.69, 9.17) is 10.8 Å². The van der Waals surface area contributed by atoms with Crippen LogP contribution in [0.3, 0.4) is 0 Å². The van der Waals surface area contributed by atoms with Crippen LogP contribution in [0, 0.1) is 0 Å². The summed E-state index contributed by atoms with van der Waals surface area (Å²) < 4.78 is -0.809. The SMILES string of the molecule is CC(C)(Sc1ccc(N)cc1)C(=O)O. The number of aliphatic carboxylic acids is 1. The monoisotopic (exact) mass is 211 g/mol. The molecule has 3 nitrogen and oxygen atoms in total. The van der Waals surface area contributed by atoms with Gasteiger partial charge in [0.1, 0.15) is 4.75 Å². The van der Waals surface area contributed by atoms with E-state index in [1.54, 1.807) is 26.0 Å². The van der Waals surface area contributed by atoms with Crippen molar-refractivity contribution in [1.29, 1.82) is 0 Å². The molecule has 0 saturated carbocycles. The lowest BCUT2D eigenvalue weighted by Gasteiger charge is -2.18. The molecule has 0 radical (unpaired) electrons. The molecule has 0 heterocycles. The molecule has 14 heavy (non-hydrogen) atoms. The zero-order valence-electron chi connectivity index (χ0n) is 8.15. The van der Waals surface area contributed by atoms with Crippen LogP contribution in [-0.4, -0.2) is 15.8 Å². The van der Waals surface area contributed by atoms with Crippen LogP contribution < -0.4 is 5.73 Å². The van der Waals surface area contributed by atoms with Crippen molar-refractivity contribution in [1.82, 2.24) is 0 Å². The van der Waals surface area contributed by atoms with E-state index >= 15 is 0 Å². The van der Waals surface area contributed by atoms with Crippen LogP contribution in [0.2, 0.25) is 0 Å². The van der Waals surface area contributed by atoms with Gasteiger partial charge in [-0.15, -0.1) is 11.8 Å². The fraction of sp³-hybridized carbons (Fsp3) is 0.300. The van der Waals surface area contributed by atoms with Crippen molar-refractivity contribution in [3.8, 4) is 0 Å². The molecule has 0 saturated heterocycles. The van der Waals surface area contributed by atoms with Gasteiger partial charge in [0.05, 0.1) is 0 Å². The Morgan fingerprint density at radius 3 is 2.29 bits per heavy atom. The first-order valence-electron chi connectivity index (χ1n) is 4.20. The number of benzene rings is 1. The van der Waals surface area contributed by atoms with Crippen LogP contribution in [0.15, 0.2) is 29.2 Å². The topological polar surface area (TPSA) is 63.3 Å². The van der Waals surface area contributed by atoms with Crippen molar-refractivity contribution >= 4 is 23.4 Å². The Balaban J connectivity index is 2.79. The summed E-state index contributed by atoms with van der Waals surface area (Å²) in [7, 11) is 0. The summed E-state index contributed by atoms with van der Waals surface area (Å²) in [5, 5.41) is 8.91. The maximum absolute atomic E-state index is 10.8. The lowest BCUT2D eigenvalue weighted by Crippen LogP contribution is -2.26. The maximum atomic E-state index is 10.8. The van der Waals surface area contributed by atoms with Gasteiger partial charge in [0, 0.05) is 10.6 Å². The normalized spacial score (nSPS) is 11.3. The smallest absolute Gasteiger partial charge is 0.319 e. The van der Waals surface area contributed by atoms with E-state index in [1.165, 1.54) is 11.8 Å². The Bertz CT molecular complexity index is 332. The average Bonchev–Trinajstić information content (AvgIpc) is 2.08. The second-order valence-corrected chi connectivity index (χ2v) is 5.18. The van der Waals surface area contributed by atoms with E-state index in [9.17, 15) is 4.79 Å². The molecule has 0 aromatic heterocycles. The van der Waals surface area contributed by atoms with Crippen LogP contribution in [0.1, 0.15) is 13.8 Å². The molecule has 0 aliphatic carbocycles. The van der Waals surface area contributed by atoms with Crippen molar-refractivity contribution in [2.75, 3.05) is 5.73 Å². The second-order valence-electron chi connectivity index (χ2n) is 3.49. The predicted octanol–water partition coefficient (Wildman–Crippen LogP) is 2.22. The summed E-state index contributed by atoms with van der Waals surface area (Å²) in [4.78, 5) is 11.8. The molecule has 0 bridgehead atoms. The Hall–Kier alpha value is -1.16. The molecule has 1 aromatic carbocycles. The van der Waals surface area contributed by atoms with E-state index in [2.05, 4.69) is 0 Å². The van der Waals surface area contributed by atoms with Gasteiger partial charge in [0.2, 0.25) is 0 Å².